The third-order valence-electron chi connectivity index (χ3n) is 5.51. The van der Waals surface area contributed by atoms with E-state index in [2.05, 4.69) is 20.8 Å². The first-order valence-electron chi connectivity index (χ1n) is 10.7. The van der Waals surface area contributed by atoms with Crippen LogP contribution in [0.5, 0.6) is 0 Å². The minimum atomic E-state index is -0.442. The SMILES string of the molecule is Cc1nc(C)c(C(=O)N2CCC(c3nc(C(=O)NNC(=O)Cc4ccccc4)cs3)CC2)s1. The van der Waals surface area contributed by atoms with Crippen LogP contribution in [0.1, 0.15) is 60.2 Å². The first-order chi connectivity index (χ1) is 15.9. The molecule has 3 amide bonds. The predicted octanol–water partition coefficient (Wildman–Crippen LogP) is 3.24. The van der Waals surface area contributed by atoms with Crippen molar-refractivity contribution in [3.63, 3.8) is 0 Å². The van der Waals surface area contributed by atoms with Crippen molar-refractivity contribution in [1.82, 2.24) is 25.7 Å². The molecule has 0 spiro atoms. The molecule has 0 aliphatic carbocycles. The van der Waals surface area contributed by atoms with E-state index in [0.29, 0.717) is 18.0 Å². The second-order valence-electron chi connectivity index (χ2n) is 7.95. The van der Waals surface area contributed by atoms with E-state index in [4.69, 9.17) is 0 Å². The molecular formula is C23H25N5O3S2. The number of thiazole rings is 2. The fraction of sp³-hybridized carbons (Fsp3) is 0.348. The maximum Gasteiger partial charge on any atom is 0.289 e. The van der Waals surface area contributed by atoms with Crippen LogP contribution in [0, 0.1) is 13.8 Å². The van der Waals surface area contributed by atoms with Crippen molar-refractivity contribution >= 4 is 40.4 Å². The van der Waals surface area contributed by atoms with Gasteiger partial charge in [0, 0.05) is 24.4 Å². The van der Waals surface area contributed by atoms with Crippen molar-refractivity contribution in [3.05, 3.63) is 67.6 Å². The van der Waals surface area contributed by atoms with Crippen LogP contribution >= 0.6 is 22.7 Å². The van der Waals surface area contributed by atoms with Gasteiger partial charge in [0.2, 0.25) is 5.91 Å². The van der Waals surface area contributed by atoms with E-state index in [1.165, 1.54) is 22.7 Å². The third-order valence-corrected chi connectivity index (χ3v) is 7.57. The van der Waals surface area contributed by atoms with Crippen molar-refractivity contribution in [3.8, 4) is 0 Å². The van der Waals surface area contributed by atoms with Crippen molar-refractivity contribution in [2.24, 2.45) is 0 Å². The number of nitrogens with zero attached hydrogens (tertiary/aromatic N) is 3. The normalized spacial score (nSPS) is 14.2. The molecule has 3 heterocycles. The first-order valence-corrected chi connectivity index (χ1v) is 12.4. The van der Waals surface area contributed by atoms with E-state index < -0.39 is 5.91 Å². The van der Waals surface area contributed by atoms with Gasteiger partial charge in [-0.25, -0.2) is 9.97 Å². The van der Waals surface area contributed by atoms with Crippen LogP contribution in [0.15, 0.2) is 35.7 Å². The highest BCUT2D eigenvalue weighted by molar-refractivity contribution is 7.13. The molecule has 0 radical (unpaired) electrons. The van der Waals surface area contributed by atoms with E-state index in [-0.39, 0.29) is 29.8 Å². The smallest absolute Gasteiger partial charge is 0.289 e. The number of aryl methyl sites for hydroxylation is 2. The molecule has 1 fully saturated rings. The lowest BCUT2D eigenvalue weighted by atomic mass is 9.97. The second kappa shape index (κ2) is 10.2. The number of piperidine rings is 1. The Balaban J connectivity index is 1.27. The average molecular weight is 484 g/mol. The molecule has 10 heteroatoms. The fourth-order valence-corrected chi connectivity index (χ4v) is 5.66. The van der Waals surface area contributed by atoms with E-state index >= 15 is 0 Å². The zero-order valence-electron chi connectivity index (χ0n) is 18.5. The number of nitrogens with one attached hydrogen (secondary N) is 2. The van der Waals surface area contributed by atoms with Gasteiger partial charge in [0.1, 0.15) is 10.6 Å². The van der Waals surface area contributed by atoms with Gasteiger partial charge in [0.15, 0.2) is 0 Å². The van der Waals surface area contributed by atoms with Gasteiger partial charge in [-0.3, -0.25) is 25.2 Å². The summed E-state index contributed by atoms with van der Waals surface area (Å²) in [7, 11) is 0. The lowest BCUT2D eigenvalue weighted by molar-refractivity contribution is -0.121. The summed E-state index contributed by atoms with van der Waals surface area (Å²) < 4.78 is 0. The molecular weight excluding hydrogens is 458 g/mol. The molecule has 0 unspecified atom stereocenters. The van der Waals surface area contributed by atoms with Crippen LogP contribution in [0.2, 0.25) is 0 Å². The average Bonchev–Trinajstić information content (AvgIpc) is 3.44. The van der Waals surface area contributed by atoms with E-state index in [1.54, 1.807) is 5.38 Å². The zero-order valence-corrected chi connectivity index (χ0v) is 20.1. The first kappa shape index (κ1) is 23.1. The Morgan fingerprint density at radius 2 is 1.79 bits per heavy atom. The van der Waals surface area contributed by atoms with E-state index in [1.807, 2.05) is 49.1 Å². The lowest BCUT2D eigenvalue weighted by Crippen LogP contribution is -2.42. The number of aromatic nitrogens is 2. The maximum atomic E-state index is 12.8. The topological polar surface area (TPSA) is 104 Å². The number of likely N-dealkylation sites (tertiary alicyclic amines) is 1. The molecule has 8 nitrogen and oxygen atoms in total. The Morgan fingerprint density at radius 3 is 2.45 bits per heavy atom. The summed E-state index contributed by atoms with van der Waals surface area (Å²) in [5.74, 6) is -0.490. The molecule has 3 aromatic rings. The van der Waals surface area contributed by atoms with Gasteiger partial charge in [0.25, 0.3) is 11.8 Å². The number of amides is 3. The Kier molecular flexibility index (Phi) is 7.14. The molecule has 2 N–H and O–H groups in total. The minimum Gasteiger partial charge on any atom is -0.338 e. The molecule has 172 valence electrons. The van der Waals surface area contributed by atoms with E-state index in [9.17, 15) is 14.4 Å². The van der Waals surface area contributed by atoms with Crippen molar-refractivity contribution in [1.29, 1.82) is 0 Å². The van der Waals surface area contributed by atoms with Crippen LogP contribution in [0.4, 0.5) is 0 Å². The predicted molar refractivity (Wildman–Crippen MR) is 127 cm³/mol. The van der Waals surface area contributed by atoms with Gasteiger partial charge < -0.3 is 4.90 Å². The third kappa shape index (κ3) is 5.63. The van der Waals surface area contributed by atoms with Crippen molar-refractivity contribution in [2.75, 3.05) is 13.1 Å². The van der Waals surface area contributed by atoms with Crippen LogP contribution in [0.25, 0.3) is 0 Å². The molecule has 2 aromatic heterocycles. The molecule has 1 saturated heterocycles. The Bertz CT molecular complexity index is 1150. The standard InChI is InChI=1S/C23H25N5O3S2/c1-14-20(33-15(2)24-14)23(31)28-10-8-17(9-11-28)22-25-18(13-32-22)21(30)27-26-19(29)12-16-6-4-3-5-7-16/h3-7,13,17H,8-12H2,1-2H3,(H,26,29)(H,27,30). The van der Waals surface area contributed by atoms with Crippen LogP contribution in [-0.2, 0) is 11.2 Å². The number of rotatable bonds is 5. The molecule has 1 aromatic carbocycles. The number of benzene rings is 1. The van der Waals surface area contributed by atoms with Crippen LogP contribution < -0.4 is 10.9 Å². The summed E-state index contributed by atoms with van der Waals surface area (Å²) >= 11 is 2.88. The molecule has 1 aliphatic heterocycles. The summed E-state index contributed by atoms with van der Waals surface area (Å²) in [5.41, 5.74) is 6.80. The Morgan fingerprint density at radius 1 is 1.06 bits per heavy atom. The lowest BCUT2D eigenvalue weighted by Gasteiger charge is -2.30. The van der Waals surface area contributed by atoms with Gasteiger partial charge in [0.05, 0.1) is 22.1 Å². The van der Waals surface area contributed by atoms with Crippen molar-refractivity contribution < 1.29 is 14.4 Å². The minimum absolute atomic E-state index is 0.0435. The highest BCUT2D eigenvalue weighted by Crippen LogP contribution is 2.31. The van der Waals surface area contributed by atoms with Crippen LogP contribution in [-0.4, -0.2) is 45.7 Å². The summed E-state index contributed by atoms with van der Waals surface area (Å²) in [6, 6.07) is 9.31. The number of hydrogen-bond donors (Lipinski definition) is 2. The van der Waals surface area contributed by atoms with Crippen molar-refractivity contribution in [2.45, 2.75) is 39.0 Å². The fourth-order valence-electron chi connectivity index (χ4n) is 3.80. The largest absolute Gasteiger partial charge is 0.338 e. The van der Waals surface area contributed by atoms with Gasteiger partial charge in [-0.15, -0.1) is 22.7 Å². The zero-order chi connectivity index (χ0) is 23.4. The number of hydrogen-bond acceptors (Lipinski definition) is 7. The summed E-state index contributed by atoms with van der Waals surface area (Å²) in [6.45, 7) is 5.08. The van der Waals surface area contributed by atoms with E-state index in [0.717, 1.165) is 34.1 Å². The molecule has 0 atom stereocenters. The summed E-state index contributed by atoms with van der Waals surface area (Å²) in [4.78, 5) is 48.7. The Hall–Kier alpha value is -3.11. The Labute approximate surface area is 200 Å². The number of carbonyl (C=O) groups excluding carboxylic acids is 3. The monoisotopic (exact) mass is 483 g/mol. The molecule has 0 bridgehead atoms. The maximum absolute atomic E-state index is 12.8. The molecule has 1 aliphatic rings. The van der Waals surface area contributed by atoms with Gasteiger partial charge in [-0.05, 0) is 32.3 Å². The second-order valence-corrected chi connectivity index (χ2v) is 10.0. The van der Waals surface area contributed by atoms with Gasteiger partial charge in [-0.2, -0.15) is 0 Å². The van der Waals surface area contributed by atoms with Gasteiger partial charge >= 0.3 is 0 Å². The number of hydrazine groups is 1. The van der Waals surface area contributed by atoms with Crippen LogP contribution in [0.3, 0.4) is 0 Å². The number of carbonyl (C=O) groups is 3. The molecule has 0 saturated carbocycles. The highest BCUT2D eigenvalue weighted by atomic mass is 32.1. The molecule has 33 heavy (non-hydrogen) atoms. The summed E-state index contributed by atoms with van der Waals surface area (Å²) in [6.07, 6.45) is 1.78. The quantitative estimate of drug-likeness (QED) is 0.542. The highest BCUT2D eigenvalue weighted by Gasteiger charge is 2.28. The van der Waals surface area contributed by atoms with Gasteiger partial charge in [-0.1, -0.05) is 30.3 Å². The molecule has 4 rings (SSSR count). The summed E-state index contributed by atoms with van der Waals surface area (Å²) in [5, 5.41) is 3.48.